The number of nitrogens with one attached hydrogen (secondary N) is 1. The molecule has 0 radical (unpaired) electrons. The van der Waals surface area contributed by atoms with Crippen LogP contribution in [0.4, 0.5) is 0 Å². The van der Waals surface area contributed by atoms with Gasteiger partial charge >= 0.3 is 11.9 Å². The van der Waals surface area contributed by atoms with Gasteiger partial charge in [0.1, 0.15) is 12.7 Å². The Morgan fingerprint density at radius 3 is 2.34 bits per heavy atom. The minimum absolute atomic E-state index is 0.234. The fourth-order valence-corrected chi connectivity index (χ4v) is 3.05. The molecule has 0 aromatic heterocycles. The van der Waals surface area contributed by atoms with Crippen LogP contribution in [0.3, 0.4) is 0 Å². The summed E-state index contributed by atoms with van der Waals surface area (Å²) < 4.78 is 0. The molecule has 0 bridgehead atoms. The van der Waals surface area contributed by atoms with Crippen molar-refractivity contribution in [1.29, 1.82) is 0 Å². The van der Waals surface area contributed by atoms with E-state index in [0.29, 0.717) is 24.7 Å². The fraction of sp³-hybridized carbons (Fsp3) is 0.435. The van der Waals surface area contributed by atoms with Gasteiger partial charge in [0.05, 0.1) is 5.71 Å². The summed E-state index contributed by atoms with van der Waals surface area (Å²) in [5, 5.41) is 33.9. The maximum Gasteiger partial charge on any atom is 0.328 e. The molecule has 3 rings (SSSR count). The number of carboxylic acids is 2. The van der Waals surface area contributed by atoms with E-state index >= 15 is 0 Å². The number of aliphatic carboxylic acids is 2. The average molecular weight is 465 g/mol. The van der Waals surface area contributed by atoms with Crippen molar-refractivity contribution < 1.29 is 29.7 Å². The van der Waals surface area contributed by atoms with Gasteiger partial charge in [-0.15, -0.1) is 0 Å². The van der Waals surface area contributed by atoms with Crippen LogP contribution in [-0.2, 0) is 14.4 Å². The summed E-state index contributed by atoms with van der Waals surface area (Å²) in [6, 6.07) is 8.41. The Kier molecular flexibility index (Phi) is 10.9. The number of nitrogens with zero attached hydrogens (tertiary/aromatic N) is 1. The standard InChI is InChI=1S/C19H25ClN2O2.C4H4O4/c20-16-7-5-14(6-8-16)11-15-3-1-2-4-19(15)22-24-13-18(23)12-21-17-9-10-17;5-3(6)1-2-4(7)8/h5-8,11,17-18,21,23H,1-4,9-10,12-13H2;1-2H,(H,5,6)(H,7,8)/b15-11+,22-19+;2-1+. The van der Waals surface area contributed by atoms with Crippen LogP contribution in [0, 0.1) is 0 Å². The number of hydrogen-bond acceptors (Lipinski definition) is 6. The zero-order valence-electron chi connectivity index (χ0n) is 17.7. The highest BCUT2D eigenvalue weighted by atomic mass is 35.5. The van der Waals surface area contributed by atoms with Crippen molar-refractivity contribution in [2.75, 3.05) is 13.2 Å². The molecule has 0 aliphatic heterocycles. The zero-order chi connectivity index (χ0) is 23.3. The highest BCUT2D eigenvalue weighted by Gasteiger charge is 2.21. The minimum atomic E-state index is -1.26. The van der Waals surface area contributed by atoms with Gasteiger partial charge in [-0.05, 0) is 67.9 Å². The molecule has 0 saturated heterocycles. The molecule has 9 heteroatoms. The van der Waals surface area contributed by atoms with Gasteiger partial charge in [0.15, 0.2) is 0 Å². The number of halogens is 1. The molecule has 1 unspecified atom stereocenters. The van der Waals surface area contributed by atoms with Crippen LogP contribution < -0.4 is 5.32 Å². The zero-order valence-corrected chi connectivity index (χ0v) is 18.5. The largest absolute Gasteiger partial charge is 0.478 e. The summed E-state index contributed by atoms with van der Waals surface area (Å²) in [6.07, 6.45) is 9.43. The molecule has 2 aliphatic rings. The molecule has 174 valence electrons. The Balaban J connectivity index is 0.000000390. The third kappa shape index (κ3) is 11.1. The number of oxime groups is 1. The lowest BCUT2D eigenvalue weighted by Crippen LogP contribution is -2.31. The molecule has 1 aromatic carbocycles. The van der Waals surface area contributed by atoms with Crippen LogP contribution >= 0.6 is 11.6 Å². The SMILES string of the molecule is O=C(O)/C=C/C(=O)O.OC(CNC1CC1)CO/N=C1\CCCC\C1=C/c1ccc(Cl)cc1. The van der Waals surface area contributed by atoms with Gasteiger partial charge in [0, 0.05) is 29.8 Å². The second kappa shape index (κ2) is 13.7. The smallest absolute Gasteiger partial charge is 0.328 e. The summed E-state index contributed by atoms with van der Waals surface area (Å²) in [5.74, 6) is -2.51. The maximum absolute atomic E-state index is 9.90. The number of hydrogen-bond donors (Lipinski definition) is 4. The Morgan fingerprint density at radius 1 is 1.12 bits per heavy atom. The summed E-state index contributed by atoms with van der Waals surface area (Å²) >= 11 is 5.94. The molecule has 2 aliphatic carbocycles. The van der Waals surface area contributed by atoms with Gasteiger partial charge in [-0.1, -0.05) is 28.9 Å². The number of carbonyl (C=O) groups is 2. The number of aliphatic hydroxyl groups excluding tert-OH is 1. The first-order valence-electron chi connectivity index (χ1n) is 10.5. The lowest BCUT2D eigenvalue weighted by molar-refractivity contribution is -0.134. The highest BCUT2D eigenvalue weighted by Crippen LogP contribution is 2.24. The first kappa shape index (κ1) is 25.6. The third-order valence-electron chi connectivity index (χ3n) is 4.72. The molecular formula is C23H29ClN2O6. The van der Waals surface area contributed by atoms with Crippen molar-refractivity contribution in [3.05, 3.63) is 52.6 Å². The van der Waals surface area contributed by atoms with Crippen LogP contribution in [0.2, 0.25) is 5.02 Å². The van der Waals surface area contributed by atoms with Crippen molar-refractivity contribution >= 4 is 35.3 Å². The maximum atomic E-state index is 9.90. The lowest BCUT2D eigenvalue weighted by Gasteiger charge is -2.17. The summed E-state index contributed by atoms with van der Waals surface area (Å²) in [4.78, 5) is 24.5. The number of carboxylic acid groups (broad SMARTS) is 2. The minimum Gasteiger partial charge on any atom is -0.478 e. The lowest BCUT2D eigenvalue weighted by atomic mass is 9.91. The molecule has 0 amide bonds. The average Bonchev–Trinajstić information content (AvgIpc) is 3.59. The van der Waals surface area contributed by atoms with Gasteiger partial charge in [-0.3, -0.25) is 0 Å². The Bertz CT molecular complexity index is 831. The van der Waals surface area contributed by atoms with E-state index in [-0.39, 0.29) is 6.61 Å². The second-order valence-electron chi connectivity index (χ2n) is 7.61. The fourth-order valence-electron chi connectivity index (χ4n) is 2.93. The number of rotatable bonds is 9. The van der Waals surface area contributed by atoms with E-state index in [9.17, 15) is 14.7 Å². The van der Waals surface area contributed by atoms with E-state index in [1.165, 1.54) is 24.8 Å². The summed E-state index contributed by atoms with van der Waals surface area (Å²) in [7, 11) is 0. The first-order valence-corrected chi connectivity index (χ1v) is 10.9. The molecule has 8 nitrogen and oxygen atoms in total. The van der Waals surface area contributed by atoms with Gasteiger partial charge in [-0.25, -0.2) is 9.59 Å². The topological polar surface area (TPSA) is 128 Å². The van der Waals surface area contributed by atoms with Gasteiger partial charge in [-0.2, -0.15) is 0 Å². The predicted molar refractivity (Wildman–Crippen MR) is 123 cm³/mol. The number of aliphatic hydroxyl groups is 1. The van der Waals surface area contributed by atoms with Gasteiger partial charge < -0.3 is 25.5 Å². The van der Waals surface area contributed by atoms with Crippen LogP contribution in [0.15, 0.2) is 47.1 Å². The number of benzene rings is 1. The van der Waals surface area contributed by atoms with E-state index in [4.69, 9.17) is 26.7 Å². The third-order valence-corrected chi connectivity index (χ3v) is 4.97. The molecule has 1 aromatic rings. The van der Waals surface area contributed by atoms with Crippen molar-refractivity contribution in [1.82, 2.24) is 5.32 Å². The Morgan fingerprint density at radius 2 is 1.75 bits per heavy atom. The van der Waals surface area contributed by atoms with E-state index < -0.39 is 18.0 Å². The van der Waals surface area contributed by atoms with Crippen LogP contribution in [-0.4, -0.2) is 58.3 Å². The van der Waals surface area contributed by atoms with Crippen molar-refractivity contribution in [3.8, 4) is 0 Å². The van der Waals surface area contributed by atoms with E-state index in [2.05, 4.69) is 16.5 Å². The molecule has 1 atom stereocenters. The van der Waals surface area contributed by atoms with Crippen molar-refractivity contribution in [2.45, 2.75) is 50.7 Å². The highest BCUT2D eigenvalue weighted by molar-refractivity contribution is 6.30. The van der Waals surface area contributed by atoms with E-state index in [1.807, 2.05) is 24.3 Å². The van der Waals surface area contributed by atoms with Crippen molar-refractivity contribution in [2.24, 2.45) is 5.16 Å². The molecule has 0 heterocycles. The van der Waals surface area contributed by atoms with Crippen LogP contribution in [0.25, 0.3) is 6.08 Å². The van der Waals surface area contributed by atoms with Gasteiger partial charge in [0.2, 0.25) is 0 Å². The van der Waals surface area contributed by atoms with E-state index in [1.54, 1.807) is 0 Å². The molecule has 0 spiro atoms. The summed E-state index contributed by atoms with van der Waals surface area (Å²) in [6.45, 7) is 0.806. The van der Waals surface area contributed by atoms with E-state index in [0.717, 1.165) is 35.6 Å². The normalized spacial score (nSPS) is 19.4. The Hall–Kier alpha value is -2.68. The quantitative estimate of drug-likeness (QED) is 0.325. The molecule has 32 heavy (non-hydrogen) atoms. The molecule has 2 saturated carbocycles. The molecule has 4 N–H and O–H groups in total. The Labute approximate surface area is 192 Å². The second-order valence-corrected chi connectivity index (χ2v) is 8.04. The van der Waals surface area contributed by atoms with Crippen LogP contribution in [0.1, 0.15) is 44.1 Å². The first-order chi connectivity index (χ1) is 15.3. The predicted octanol–water partition coefficient (Wildman–Crippen LogP) is 3.49. The monoisotopic (exact) mass is 464 g/mol. The van der Waals surface area contributed by atoms with Gasteiger partial charge in [0.25, 0.3) is 0 Å². The molecule has 2 fully saturated rings. The van der Waals surface area contributed by atoms with Crippen LogP contribution in [0.5, 0.6) is 0 Å². The number of allylic oxidation sites excluding steroid dienone is 1. The summed E-state index contributed by atoms with van der Waals surface area (Å²) in [5.41, 5.74) is 3.34. The van der Waals surface area contributed by atoms with Crippen molar-refractivity contribution in [3.63, 3.8) is 0 Å². The molecular weight excluding hydrogens is 436 g/mol.